The van der Waals surface area contributed by atoms with Gasteiger partial charge in [-0.15, -0.1) is 0 Å². The van der Waals surface area contributed by atoms with E-state index in [1.54, 1.807) is 6.07 Å². The summed E-state index contributed by atoms with van der Waals surface area (Å²) in [6.07, 6.45) is 3.59. The summed E-state index contributed by atoms with van der Waals surface area (Å²) < 4.78 is 0. The number of carbonyl (C=O) groups is 1. The molecule has 0 radical (unpaired) electrons. The number of aliphatic hydroxyl groups is 1. The molecule has 0 amide bonds. The standard InChI is InChI=1S/C14H20N2O3/c1-9(5-6-17)8-15-13-11(14(18)19)7-10-3-2-4-12(10)16-13/h7,9,17H,2-6,8H2,1H3,(H,15,16)(H,18,19). The summed E-state index contributed by atoms with van der Waals surface area (Å²) in [5, 5.41) is 21.2. The fourth-order valence-corrected chi connectivity index (χ4v) is 2.36. The number of aliphatic hydroxyl groups excluding tert-OH is 1. The molecule has 0 aliphatic heterocycles. The summed E-state index contributed by atoms with van der Waals surface area (Å²) in [6, 6.07) is 1.75. The van der Waals surface area contributed by atoms with Crippen molar-refractivity contribution in [1.82, 2.24) is 4.98 Å². The molecule has 3 N–H and O–H groups in total. The molecule has 1 unspecified atom stereocenters. The van der Waals surface area contributed by atoms with Gasteiger partial charge in [0.15, 0.2) is 0 Å². The number of nitrogens with zero attached hydrogens (tertiary/aromatic N) is 1. The summed E-state index contributed by atoms with van der Waals surface area (Å²) in [7, 11) is 0. The van der Waals surface area contributed by atoms with Crippen molar-refractivity contribution in [2.75, 3.05) is 18.5 Å². The Morgan fingerprint density at radius 1 is 1.53 bits per heavy atom. The molecule has 5 nitrogen and oxygen atoms in total. The quantitative estimate of drug-likeness (QED) is 0.728. The monoisotopic (exact) mass is 264 g/mol. The maximum atomic E-state index is 11.3. The van der Waals surface area contributed by atoms with E-state index in [9.17, 15) is 9.90 Å². The summed E-state index contributed by atoms with van der Waals surface area (Å²) in [4.78, 5) is 15.7. The third-order valence-corrected chi connectivity index (χ3v) is 3.52. The van der Waals surface area contributed by atoms with Crippen molar-refractivity contribution < 1.29 is 15.0 Å². The first-order valence-corrected chi connectivity index (χ1v) is 6.72. The largest absolute Gasteiger partial charge is 0.478 e. The fourth-order valence-electron chi connectivity index (χ4n) is 2.36. The van der Waals surface area contributed by atoms with Crippen LogP contribution < -0.4 is 5.32 Å². The van der Waals surface area contributed by atoms with Crippen LogP contribution in [0.5, 0.6) is 0 Å². The van der Waals surface area contributed by atoms with E-state index in [1.807, 2.05) is 6.92 Å². The predicted molar refractivity (Wildman–Crippen MR) is 72.6 cm³/mol. The second kappa shape index (κ2) is 6.02. The number of aryl methyl sites for hydroxylation is 2. The molecule has 0 aromatic carbocycles. The minimum absolute atomic E-state index is 0.145. The molecule has 2 rings (SSSR count). The third kappa shape index (κ3) is 3.23. The number of aromatic carboxylic acids is 1. The van der Waals surface area contributed by atoms with Crippen LogP contribution in [0.1, 0.15) is 41.4 Å². The number of carboxylic acids is 1. The number of carboxylic acid groups (broad SMARTS) is 1. The Kier molecular flexibility index (Phi) is 4.37. The number of hydrogen-bond donors (Lipinski definition) is 3. The van der Waals surface area contributed by atoms with E-state index in [1.165, 1.54) is 0 Å². The van der Waals surface area contributed by atoms with Crippen LogP contribution in [-0.4, -0.2) is 34.3 Å². The number of hydrogen-bond acceptors (Lipinski definition) is 4. The number of rotatable bonds is 6. The lowest BCUT2D eigenvalue weighted by Gasteiger charge is -2.14. The van der Waals surface area contributed by atoms with Gasteiger partial charge in [0.25, 0.3) is 0 Å². The van der Waals surface area contributed by atoms with Crippen LogP contribution in [0.4, 0.5) is 5.82 Å². The molecule has 0 spiro atoms. The Bertz CT molecular complexity index is 474. The molecule has 1 aliphatic rings. The van der Waals surface area contributed by atoms with Crippen molar-refractivity contribution in [3.05, 3.63) is 22.9 Å². The lowest BCUT2D eigenvalue weighted by atomic mass is 10.1. The Hall–Kier alpha value is -1.62. The number of fused-ring (bicyclic) bond motifs is 1. The number of aromatic nitrogens is 1. The van der Waals surface area contributed by atoms with Gasteiger partial charge in [0, 0.05) is 18.8 Å². The normalized spacial score (nSPS) is 15.1. The van der Waals surface area contributed by atoms with Crippen LogP contribution in [0, 0.1) is 5.92 Å². The van der Waals surface area contributed by atoms with E-state index in [0.29, 0.717) is 18.8 Å². The zero-order valence-corrected chi connectivity index (χ0v) is 11.1. The molecule has 0 saturated heterocycles. The van der Waals surface area contributed by atoms with Gasteiger partial charge in [-0.2, -0.15) is 0 Å². The van der Waals surface area contributed by atoms with Crippen LogP contribution in [0.15, 0.2) is 6.07 Å². The van der Waals surface area contributed by atoms with Gasteiger partial charge in [-0.1, -0.05) is 6.92 Å². The molecule has 1 heterocycles. The SMILES string of the molecule is CC(CCO)CNc1nc2c(cc1C(=O)O)CCC2. The first-order chi connectivity index (χ1) is 9.11. The van der Waals surface area contributed by atoms with Crippen LogP contribution in [0.3, 0.4) is 0 Å². The number of anilines is 1. The van der Waals surface area contributed by atoms with Crippen LogP contribution in [0.25, 0.3) is 0 Å². The van der Waals surface area contributed by atoms with Crippen molar-refractivity contribution in [3.8, 4) is 0 Å². The molecule has 19 heavy (non-hydrogen) atoms. The molecule has 1 aliphatic carbocycles. The summed E-state index contributed by atoms with van der Waals surface area (Å²) in [6.45, 7) is 2.77. The van der Waals surface area contributed by atoms with Crippen LogP contribution in [0.2, 0.25) is 0 Å². The summed E-state index contributed by atoms with van der Waals surface area (Å²) in [5.41, 5.74) is 2.32. The van der Waals surface area contributed by atoms with Crippen LogP contribution in [-0.2, 0) is 12.8 Å². The van der Waals surface area contributed by atoms with Crippen molar-refractivity contribution in [2.24, 2.45) is 5.92 Å². The Labute approximate surface area is 112 Å². The molecule has 1 aromatic rings. The highest BCUT2D eigenvalue weighted by Gasteiger charge is 2.19. The molecule has 0 fully saturated rings. The molecule has 0 bridgehead atoms. The highest BCUT2D eigenvalue weighted by molar-refractivity contribution is 5.93. The Morgan fingerprint density at radius 3 is 3.00 bits per heavy atom. The first-order valence-electron chi connectivity index (χ1n) is 6.72. The fraction of sp³-hybridized carbons (Fsp3) is 0.571. The first kappa shape index (κ1) is 13.8. The zero-order valence-electron chi connectivity index (χ0n) is 11.1. The van der Waals surface area contributed by atoms with E-state index in [0.717, 1.165) is 30.5 Å². The second-order valence-electron chi connectivity index (χ2n) is 5.15. The van der Waals surface area contributed by atoms with Gasteiger partial charge in [0.2, 0.25) is 0 Å². The Balaban J connectivity index is 2.16. The van der Waals surface area contributed by atoms with E-state index in [2.05, 4.69) is 10.3 Å². The minimum atomic E-state index is -0.945. The van der Waals surface area contributed by atoms with Crippen molar-refractivity contribution in [2.45, 2.75) is 32.6 Å². The topological polar surface area (TPSA) is 82.5 Å². The second-order valence-corrected chi connectivity index (χ2v) is 5.15. The highest BCUT2D eigenvalue weighted by atomic mass is 16.4. The summed E-state index contributed by atoms with van der Waals surface area (Å²) >= 11 is 0. The average Bonchev–Trinajstić information content (AvgIpc) is 2.82. The van der Waals surface area contributed by atoms with Gasteiger partial charge < -0.3 is 15.5 Å². The van der Waals surface area contributed by atoms with E-state index in [-0.39, 0.29) is 18.1 Å². The van der Waals surface area contributed by atoms with Gasteiger partial charge in [-0.25, -0.2) is 9.78 Å². The third-order valence-electron chi connectivity index (χ3n) is 3.52. The zero-order chi connectivity index (χ0) is 13.8. The molecule has 5 heteroatoms. The highest BCUT2D eigenvalue weighted by Crippen LogP contribution is 2.25. The van der Waals surface area contributed by atoms with E-state index < -0.39 is 5.97 Å². The molecule has 1 aromatic heterocycles. The van der Waals surface area contributed by atoms with Gasteiger partial charge in [-0.3, -0.25) is 0 Å². The molecule has 104 valence electrons. The van der Waals surface area contributed by atoms with Gasteiger partial charge >= 0.3 is 5.97 Å². The van der Waals surface area contributed by atoms with Crippen molar-refractivity contribution in [3.63, 3.8) is 0 Å². The van der Waals surface area contributed by atoms with Gasteiger partial charge in [-0.05, 0) is 43.2 Å². The van der Waals surface area contributed by atoms with E-state index >= 15 is 0 Å². The van der Waals surface area contributed by atoms with Gasteiger partial charge in [0.05, 0.1) is 0 Å². The van der Waals surface area contributed by atoms with Gasteiger partial charge in [0.1, 0.15) is 11.4 Å². The van der Waals surface area contributed by atoms with Crippen molar-refractivity contribution >= 4 is 11.8 Å². The number of pyridine rings is 1. The summed E-state index contributed by atoms with van der Waals surface area (Å²) in [5.74, 6) is -0.209. The maximum absolute atomic E-state index is 11.3. The molecule has 1 atom stereocenters. The lowest BCUT2D eigenvalue weighted by molar-refractivity contribution is 0.0697. The number of nitrogens with one attached hydrogen (secondary N) is 1. The molecular weight excluding hydrogens is 244 g/mol. The molecular formula is C14H20N2O3. The van der Waals surface area contributed by atoms with E-state index in [4.69, 9.17) is 5.11 Å². The average molecular weight is 264 g/mol. The molecule has 0 saturated carbocycles. The smallest absolute Gasteiger partial charge is 0.339 e. The lowest BCUT2D eigenvalue weighted by Crippen LogP contribution is -2.16. The van der Waals surface area contributed by atoms with Crippen LogP contribution >= 0.6 is 0 Å². The minimum Gasteiger partial charge on any atom is -0.478 e. The maximum Gasteiger partial charge on any atom is 0.339 e. The predicted octanol–water partition coefficient (Wildman–Crippen LogP) is 1.70. The Morgan fingerprint density at radius 2 is 2.32 bits per heavy atom. The van der Waals surface area contributed by atoms with Crippen molar-refractivity contribution in [1.29, 1.82) is 0 Å².